The molecule has 0 saturated carbocycles. The predicted molar refractivity (Wildman–Crippen MR) is 162 cm³/mol. The van der Waals surface area contributed by atoms with Gasteiger partial charge in [-0.25, -0.2) is 0 Å². The van der Waals surface area contributed by atoms with E-state index in [2.05, 4.69) is 88.5 Å². The molecule has 3 aliphatic rings. The van der Waals surface area contributed by atoms with Crippen LogP contribution in [0.15, 0.2) is 72.9 Å². The SMILES string of the molecule is CC1CC(=O)CCN1Cc1ccccc1.CC1CC(NCc2cc3c(cn2)OCCO3)CCN1Cc1ccccc1. The first kappa shape index (κ1) is 29.2. The first-order valence-electron chi connectivity index (χ1n) is 15.1. The standard InChI is InChI=1S/C21H27N3O2.C13H17NO/c1-16-11-18(7-8-24(16)15-17-5-3-2-4-6-17)22-13-19-12-20-21(14-23-19)26-10-9-25-20;1-11-9-13(15)7-8-14(11)10-12-5-3-2-4-6-12/h2-6,12,14,16,18,22H,7-11,13,15H2,1H3;2-6,11H,7-10H2,1H3. The van der Waals surface area contributed by atoms with Crippen LogP contribution in [0, 0.1) is 0 Å². The van der Waals surface area contributed by atoms with E-state index >= 15 is 0 Å². The highest BCUT2D eigenvalue weighted by atomic mass is 16.6. The van der Waals surface area contributed by atoms with Crippen LogP contribution in [-0.4, -0.2) is 65.0 Å². The molecule has 3 atom stereocenters. The van der Waals surface area contributed by atoms with Crippen molar-refractivity contribution in [1.82, 2.24) is 20.1 Å². The number of carbonyl (C=O) groups is 1. The largest absolute Gasteiger partial charge is 0.486 e. The quantitative estimate of drug-likeness (QED) is 0.427. The molecule has 2 fully saturated rings. The van der Waals surface area contributed by atoms with Crippen LogP contribution in [0.1, 0.15) is 56.4 Å². The van der Waals surface area contributed by atoms with Gasteiger partial charge in [-0.3, -0.25) is 19.6 Å². The van der Waals surface area contributed by atoms with Crippen LogP contribution < -0.4 is 14.8 Å². The third-order valence-electron chi connectivity index (χ3n) is 8.35. The van der Waals surface area contributed by atoms with E-state index in [0.717, 1.165) is 62.8 Å². The summed E-state index contributed by atoms with van der Waals surface area (Å²) in [6.45, 7) is 10.5. The minimum atomic E-state index is 0.395. The number of aromatic nitrogens is 1. The molecular weight excluding hydrogens is 512 g/mol. The van der Waals surface area contributed by atoms with Crippen molar-refractivity contribution < 1.29 is 14.3 Å². The molecule has 4 heterocycles. The second-order valence-corrected chi connectivity index (χ2v) is 11.5. The van der Waals surface area contributed by atoms with E-state index in [1.54, 1.807) is 6.20 Å². The molecule has 0 amide bonds. The third-order valence-corrected chi connectivity index (χ3v) is 8.35. The summed E-state index contributed by atoms with van der Waals surface area (Å²) >= 11 is 0. The van der Waals surface area contributed by atoms with Gasteiger partial charge in [0.15, 0.2) is 11.5 Å². The topological polar surface area (TPSA) is 66.9 Å². The van der Waals surface area contributed by atoms with E-state index in [-0.39, 0.29) is 0 Å². The zero-order valence-electron chi connectivity index (χ0n) is 24.5. The van der Waals surface area contributed by atoms with Crippen LogP contribution in [0.2, 0.25) is 0 Å². The van der Waals surface area contributed by atoms with E-state index in [9.17, 15) is 4.79 Å². The fraction of sp³-hybridized carbons (Fsp3) is 0.471. The van der Waals surface area contributed by atoms with Crippen molar-refractivity contribution in [3.63, 3.8) is 0 Å². The lowest BCUT2D eigenvalue weighted by Gasteiger charge is -2.38. The number of benzene rings is 2. The fourth-order valence-electron chi connectivity index (χ4n) is 5.90. The van der Waals surface area contributed by atoms with Crippen molar-refractivity contribution in [3.05, 3.63) is 89.7 Å². The highest BCUT2D eigenvalue weighted by Crippen LogP contribution is 2.29. The molecule has 0 aliphatic carbocycles. The molecule has 1 aromatic heterocycles. The number of nitrogens with zero attached hydrogens (tertiary/aromatic N) is 3. The average molecular weight is 557 g/mol. The Balaban J connectivity index is 0.000000191. The molecule has 3 aliphatic heterocycles. The number of Topliss-reactive ketones (excluding diaryl/α,β-unsaturated/α-hetero) is 1. The summed E-state index contributed by atoms with van der Waals surface area (Å²) < 4.78 is 11.2. The number of nitrogens with one attached hydrogen (secondary N) is 1. The van der Waals surface area contributed by atoms with E-state index in [0.29, 0.717) is 43.5 Å². The summed E-state index contributed by atoms with van der Waals surface area (Å²) in [5.74, 6) is 1.98. The van der Waals surface area contributed by atoms with Gasteiger partial charge < -0.3 is 14.8 Å². The molecule has 2 saturated heterocycles. The Bertz CT molecular complexity index is 1240. The van der Waals surface area contributed by atoms with Crippen LogP contribution in [0.25, 0.3) is 0 Å². The minimum Gasteiger partial charge on any atom is -0.486 e. The molecule has 6 rings (SSSR count). The number of hydrogen-bond acceptors (Lipinski definition) is 7. The summed E-state index contributed by atoms with van der Waals surface area (Å²) in [6.07, 6.45) is 5.54. The van der Waals surface area contributed by atoms with Gasteiger partial charge in [-0.15, -0.1) is 0 Å². The highest BCUT2D eigenvalue weighted by Gasteiger charge is 2.25. The van der Waals surface area contributed by atoms with Crippen molar-refractivity contribution in [2.24, 2.45) is 0 Å². The highest BCUT2D eigenvalue weighted by molar-refractivity contribution is 5.79. The number of rotatable bonds is 7. The number of carbonyl (C=O) groups excluding carboxylic acids is 1. The first-order chi connectivity index (χ1) is 20.0. The number of ketones is 1. The second kappa shape index (κ2) is 14.6. The van der Waals surface area contributed by atoms with E-state index < -0.39 is 0 Å². The van der Waals surface area contributed by atoms with Gasteiger partial charge in [0.2, 0.25) is 0 Å². The molecule has 7 nitrogen and oxygen atoms in total. The molecule has 0 bridgehead atoms. The van der Waals surface area contributed by atoms with Crippen LogP contribution in [-0.2, 0) is 24.4 Å². The second-order valence-electron chi connectivity index (χ2n) is 11.5. The Morgan fingerprint density at radius 1 is 0.854 bits per heavy atom. The summed E-state index contributed by atoms with van der Waals surface area (Å²) in [4.78, 5) is 20.7. The molecular formula is C34H44N4O3. The van der Waals surface area contributed by atoms with Crippen molar-refractivity contribution in [1.29, 1.82) is 0 Å². The normalized spacial score (nSPS) is 23.0. The average Bonchev–Trinajstić information content (AvgIpc) is 3.00. The van der Waals surface area contributed by atoms with Gasteiger partial charge in [-0.05, 0) is 37.8 Å². The molecule has 3 aromatic rings. The van der Waals surface area contributed by atoms with Gasteiger partial charge in [0.05, 0.1) is 11.9 Å². The molecule has 0 spiro atoms. The smallest absolute Gasteiger partial charge is 0.179 e. The lowest BCUT2D eigenvalue weighted by Crippen LogP contribution is -2.46. The maximum atomic E-state index is 11.2. The Hall–Kier alpha value is -3.26. The Labute approximate surface area is 244 Å². The van der Waals surface area contributed by atoms with E-state index in [4.69, 9.17) is 9.47 Å². The number of fused-ring (bicyclic) bond motifs is 1. The minimum absolute atomic E-state index is 0.395. The zero-order chi connectivity index (χ0) is 28.4. The van der Waals surface area contributed by atoms with Crippen molar-refractivity contribution in [2.75, 3.05) is 26.3 Å². The lowest BCUT2D eigenvalue weighted by molar-refractivity contribution is -0.123. The maximum absolute atomic E-state index is 11.2. The van der Waals surface area contributed by atoms with Gasteiger partial charge in [-0.1, -0.05) is 60.7 Å². The summed E-state index contributed by atoms with van der Waals surface area (Å²) in [6, 6.07) is 24.7. The summed E-state index contributed by atoms with van der Waals surface area (Å²) in [5, 5.41) is 3.67. The predicted octanol–water partition coefficient (Wildman–Crippen LogP) is 5.24. The van der Waals surface area contributed by atoms with Gasteiger partial charge >= 0.3 is 0 Å². The Morgan fingerprint density at radius 2 is 1.49 bits per heavy atom. The first-order valence-corrected chi connectivity index (χ1v) is 15.1. The van der Waals surface area contributed by atoms with Crippen molar-refractivity contribution in [2.45, 2.75) is 77.3 Å². The lowest BCUT2D eigenvalue weighted by atomic mass is 9.97. The summed E-state index contributed by atoms with van der Waals surface area (Å²) in [5.41, 5.74) is 3.73. The number of ether oxygens (including phenoxy) is 2. The van der Waals surface area contributed by atoms with E-state index in [1.165, 1.54) is 17.5 Å². The Morgan fingerprint density at radius 3 is 2.12 bits per heavy atom. The fourth-order valence-corrected chi connectivity index (χ4v) is 5.90. The van der Waals surface area contributed by atoms with Crippen LogP contribution >= 0.6 is 0 Å². The molecule has 41 heavy (non-hydrogen) atoms. The molecule has 2 aromatic carbocycles. The number of likely N-dealkylation sites (tertiary alicyclic amines) is 2. The monoisotopic (exact) mass is 556 g/mol. The van der Waals surface area contributed by atoms with Crippen molar-refractivity contribution in [3.8, 4) is 11.5 Å². The molecule has 3 unspecified atom stereocenters. The third kappa shape index (κ3) is 8.62. The van der Waals surface area contributed by atoms with Crippen LogP contribution in [0.4, 0.5) is 0 Å². The van der Waals surface area contributed by atoms with Gasteiger partial charge in [0.25, 0.3) is 0 Å². The van der Waals surface area contributed by atoms with Gasteiger partial charge in [-0.2, -0.15) is 0 Å². The Kier molecular flexibility index (Phi) is 10.4. The number of pyridine rings is 1. The van der Waals surface area contributed by atoms with Crippen molar-refractivity contribution >= 4 is 5.78 Å². The maximum Gasteiger partial charge on any atom is 0.179 e. The molecule has 218 valence electrons. The van der Waals surface area contributed by atoms with Crippen LogP contribution in [0.5, 0.6) is 11.5 Å². The van der Waals surface area contributed by atoms with E-state index in [1.807, 2.05) is 12.1 Å². The number of piperidine rings is 2. The van der Waals surface area contributed by atoms with Gasteiger partial charge in [0, 0.05) is 69.8 Å². The van der Waals surface area contributed by atoms with Crippen LogP contribution in [0.3, 0.4) is 0 Å². The molecule has 1 N–H and O–H groups in total. The number of hydrogen-bond donors (Lipinski definition) is 1. The molecule has 0 radical (unpaired) electrons. The van der Waals surface area contributed by atoms with Gasteiger partial charge in [0.1, 0.15) is 19.0 Å². The molecule has 7 heteroatoms. The zero-order valence-corrected chi connectivity index (χ0v) is 24.5. The summed E-state index contributed by atoms with van der Waals surface area (Å²) in [7, 11) is 0.